The standard InChI is InChI=1S/C10H10F3NO3/c11-10(12,13)9(17)14-5-1-2-7(6-14)3-4-8(15)16/h7H,1-2,5-6H2,(H,15,16). The predicted octanol–water partition coefficient (Wildman–Crippen LogP) is 0.875. The quantitative estimate of drug-likeness (QED) is 0.648. The molecule has 1 unspecified atom stereocenters. The average Bonchev–Trinajstić information content (AvgIpc) is 2.24. The Morgan fingerprint density at radius 3 is 2.53 bits per heavy atom. The number of likely N-dealkylation sites (tertiary alicyclic amines) is 1. The van der Waals surface area contributed by atoms with Crippen LogP contribution in [0.3, 0.4) is 0 Å². The van der Waals surface area contributed by atoms with Crippen molar-refractivity contribution in [2.45, 2.75) is 19.0 Å². The van der Waals surface area contributed by atoms with Crippen LogP contribution in [0.25, 0.3) is 0 Å². The Balaban J connectivity index is 2.65. The van der Waals surface area contributed by atoms with E-state index in [9.17, 15) is 22.8 Å². The first-order chi connectivity index (χ1) is 7.80. The number of halogens is 3. The van der Waals surface area contributed by atoms with Gasteiger partial charge in [-0.3, -0.25) is 4.79 Å². The van der Waals surface area contributed by atoms with Crippen molar-refractivity contribution in [2.75, 3.05) is 13.1 Å². The highest BCUT2D eigenvalue weighted by Crippen LogP contribution is 2.23. The fraction of sp³-hybridized carbons (Fsp3) is 0.600. The van der Waals surface area contributed by atoms with Crippen LogP contribution in [-0.2, 0) is 9.59 Å². The molecule has 0 aliphatic carbocycles. The first-order valence-corrected chi connectivity index (χ1v) is 4.91. The zero-order valence-corrected chi connectivity index (χ0v) is 8.75. The van der Waals surface area contributed by atoms with Gasteiger partial charge in [0.05, 0.1) is 0 Å². The van der Waals surface area contributed by atoms with Gasteiger partial charge in [-0.25, -0.2) is 4.79 Å². The molecule has 1 aliphatic rings. The van der Waals surface area contributed by atoms with Crippen molar-refractivity contribution in [3.8, 4) is 11.8 Å². The van der Waals surface area contributed by atoms with E-state index < -0.39 is 24.0 Å². The number of piperidine rings is 1. The first kappa shape index (κ1) is 13.4. The van der Waals surface area contributed by atoms with Gasteiger partial charge in [0.2, 0.25) is 0 Å². The number of carbonyl (C=O) groups excluding carboxylic acids is 1. The third-order valence-electron chi connectivity index (χ3n) is 2.33. The van der Waals surface area contributed by atoms with Crippen molar-refractivity contribution < 1.29 is 27.9 Å². The third kappa shape index (κ3) is 3.98. The number of alkyl halides is 3. The Morgan fingerprint density at radius 2 is 2.00 bits per heavy atom. The van der Waals surface area contributed by atoms with Gasteiger partial charge in [-0.15, -0.1) is 0 Å². The minimum atomic E-state index is -4.89. The summed E-state index contributed by atoms with van der Waals surface area (Å²) in [6.07, 6.45) is -4.00. The van der Waals surface area contributed by atoms with Crippen molar-refractivity contribution in [2.24, 2.45) is 5.92 Å². The highest BCUT2D eigenvalue weighted by atomic mass is 19.4. The molecule has 17 heavy (non-hydrogen) atoms. The van der Waals surface area contributed by atoms with Crippen LogP contribution < -0.4 is 0 Å². The lowest BCUT2D eigenvalue weighted by Crippen LogP contribution is -2.46. The molecule has 1 aliphatic heterocycles. The van der Waals surface area contributed by atoms with Gasteiger partial charge in [0.25, 0.3) is 0 Å². The van der Waals surface area contributed by atoms with E-state index in [0.29, 0.717) is 17.7 Å². The fourth-order valence-electron chi connectivity index (χ4n) is 1.62. The summed E-state index contributed by atoms with van der Waals surface area (Å²) in [5.41, 5.74) is 0. The lowest BCUT2D eigenvalue weighted by atomic mass is 9.98. The van der Waals surface area contributed by atoms with Crippen LogP contribution in [0.4, 0.5) is 13.2 Å². The van der Waals surface area contributed by atoms with Crippen LogP contribution in [0.15, 0.2) is 0 Å². The molecule has 7 heteroatoms. The van der Waals surface area contributed by atoms with Gasteiger partial charge in [-0.05, 0) is 12.8 Å². The number of hydrogen-bond acceptors (Lipinski definition) is 2. The van der Waals surface area contributed by atoms with Crippen LogP contribution in [0, 0.1) is 17.8 Å². The second-order valence-corrected chi connectivity index (χ2v) is 3.66. The van der Waals surface area contributed by atoms with Crippen LogP contribution in [0.2, 0.25) is 0 Å². The van der Waals surface area contributed by atoms with Gasteiger partial charge in [-0.1, -0.05) is 5.92 Å². The second kappa shape index (κ2) is 5.08. The smallest absolute Gasteiger partial charge is 0.471 e. The minimum Gasteiger partial charge on any atom is -0.472 e. The van der Waals surface area contributed by atoms with E-state index in [1.54, 1.807) is 0 Å². The molecule has 4 nitrogen and oxygen atoms in total. The molecular weight excluding hydrogens is 239 g/mol. The molecule has 0 aromatic rings. The zero-order valence-electron chi connectivity index (χ0n) is 8.75. The summed E-state index contributed by atoms with van der Waals surface area (Å²) >= 11 is 0. The lowest BCUT2D eigenvalue weighted by Gasteiger charge is -2.30. The Labute approximate surface area is 95.4 Å². The lowest BCUT2D eigenvalue weighted by molar-refractivity contribution is -0.186. The monoisotopic (exact) mass is 249 g/mol. The number of nitrogens with zero attached hydrogens (tertiary/aromatic N) is 1. The number of amides is 1. The van der Waals surface area contributed by atoms with Gasteiger partial charge in [0.1, 0.15) is 0 Å². The molecule has 1 N–H and O–H groups in total. The maximum atomic E-state index is 12.2. The summed E-state index contributed by atoms with van der Waals surface area (Å²) in [5.74, 6) is 0.480. The van der Waals surface area contributed by atoms with Crippen molar-refractivity contribution in [3.05, 3.63) is 0 Å². The summed E-state index contributed by atoms with van der Waals surface area (Å²) in [6.45, 7) is -0.137. The molecule has 94 valence electrons. The third-order valence-corrected chi connectivity index (χ3v) is 2.33. The van der Waals surface area contributed by atoms with E-state index in [2.05, 4.69) is 5.92 Å². The van der Waals surface area contributed by atoms with Crippen molar-refractivity contribution >= 4 is 11.9 Å². The Hall–Kier alpha value is -1.71. The summed E-state index contributed by atoms with van der Waals surface area (Å²) in [7, 11) is 0. The Morgan fingerprint density at radius 1 is 1.35 bits per heavy atom. The molecule has 0 bridgehead atoms. The number of aliphatic carboxylic acids is 1. The first-order valence-electron chi connectivity index (χ1n) is 4.91. The number of hydrogen-bond donors (Lipinski definition) is 1. The normalized spacial score (nSPS) is 20.4. The summed E-state index contributed by atoms with van der Waals surface area (Å²) in [6, 6.07) is 0. The second-order valence-electron chi connectivity index (χ2n) is 3.66. The maximum Gasteiger partial charge on any atom is 0.471 e. The molecule has 1 rings (SSSR count). The van der Waals surface area contributed by atoms with Crippen LogP contribution in [-0.4, -0.2) is 41.1 Å². The molecule has 1 heterocycles. The largest absolute Gasteiger partial charge is 0.472 e. The minimum absolute atomic E-state index is 0.0313. The number of carboxylic acids is 1. The van der Waals surface area contributed by atoms with E-state index in [4.69, 9.17) is 5.11 Å². The number of carboxylic acid groups (broad SMARTS) is 1. The zero-order chi connectivity index (χ0) is 13.1. The SMILES string of the molecule is O=C(O)C#CC1CCCN(C(=O)C(F)(F)F)C1. The maximum absolute atomic E-state index is 12.2. The van der Waals surface area contributed by atoms with Gasteiger partial charge in [0, 0.05) is 24.9 Å². The molecule has 1 fully saturated rings. The molecule has 0 spiro atoms. The van der Waals surface area contributed by atoms with Gasteiger partial charge < -0.3 is 10.0 Å². The summed E-state index contributed by atoms with van der Waals surface area (Å²) < 4.78 is 36.5. The average molecular weight is 249 g/mol. The topological polar surface area (TPSA) is 57.6 Å². The van der Waals surface area contributed by atoms with E-state index in [-0.39, 0.29) is 13.1 Å². The molecular formula is C10H10F3NO3. The molecule has 0 aromatic carbocycles. The van der Waals surface area contributed by atoms with Crippen molar-refractivity contribution in [1.29, 1.82) is 0 Å². The number of rotatable bonds is 0. The Bertz CT molecular complexity index is 380. The van der Waals surface area contributed by atoms with Gasteiger partial charge in [-0.2, -0.15) is 13.2 Å². The van der Waals surface area contributed by atoms with E-state index in [1.807, 2.05) is 5.92 Å². The number of carbonyl (C=O) groups is 2. The van der Waals surface area contributed by atoms with Crippen molar-refractivity contribution in [3.63, 3.8) is 0 Å². The molecule has 0 saturated carbocycles. The highest BCUT2D eigenvalue weighted by molar-refractivity contribution is 5.86. The van der Waals surface area contributed by atoms with Crippen molar-refractivity contribution in [1.82, 2.24) is 4.90 Å². The molecule has 0 aromatic heterocycles. The van der Waals surface area contributed by atoms with Gasteiger partial charge >= 0.3 is 18.1 Å². The van der Waals surface area contributed by atoms with Crippen LogP contribution in [0.1, 0.15) is 12.8 Å². The van der Waals surface area contributed by atoms with E-state index in [1.165, 1.54) is 0 Å². The Kier molecular flexibility index (Phi) is 3.99. The van der Waals surface area contributed by atoms with Gasteiger partial charge in [0.15, 0.2) is 0 Å². The predicted molar refractivity (Wildman–Crippen MR) is 50.8 cm³/mol. The highest BCUT2D eigenvalue weighted by Gasteiger charge is 2.43. The van der Waals surface area contributed by atoms with Crippen LogP contribution in [0.5, 0.6) is 0 Å². The van der Waals surface area contributed by atoms with E-state index >= 15 is 0 Å². The summed E-state index contributed by atoms with van der Waals surface area (Å²) in [5, 5.41) is 8.31. The molecule has 1 saturated heterocycles. The van der Waals surface area contributed by atoms with Crippen LogP contribution >= 0.6 is 0 Å². The summed E-state index contributed by atoms with van der Waals surface area (Å²) in [4.78, 5) is 21.8. The van der Waals surface area contributed by atoms with E-state index in [0.717, 1.165) is 0 Å². The molecule has 0 radical (unpaired) electrons. The molecule has 1 atom stereocenters. The fourth-order valence-corrected chi connectivity index (χ4v) is 1.62. The molecule has 1 amide bonds.